The molecule has 0 aliphatic carbocycles. The maximum atomic E-state index is 11.8. The standard InChI is InChI=1S/C15H17N3O/c1-11-3-2-4-12(7-11)9-18-15(19)8-14-6-5-13(16)10-17-14/h2-7,10H,8-9,16H2,1H3,(H,18,19). The number of anilines is 1. The Kier molecular flexibility index (Phi) is 4.13. The van der Waals surface area contributed by atoms with Gasteiger partial charge in [-0.2, -0.15) is 0 Å². The van der Waals surface area contributed by atoms with Crippen molar-refractivity contribution in [2.45, 2.75) is 19.9 Å². The third-order valence-electron chi connectivity index (χ3n) is 2.76. The van der Waals surface area contributed by atoms with E-state index >= 15 is 0 Å². The number of aryl methyl sites for hydroxylation is 1. The van der Waals surface area contributed by atoms with E-state index in [0.29, 0.717) is 12.2 Å². The fourth-order valence-electron chi connectivity index (χ4n) is 1.79. The fraction of sp³-hybridized carbons (Fsp3) is 0.200. The quantitative estimate of drug-likeness (QED) is 0.875. The monoisotopic (exact) mass is 255 g/mol. The molecule has 1 heterocycles. The summed E-state index contributed by atoms with van der Waals surface area (Å²) in [5.41, 5.74) is 9.15. The first-order valence-electron chi connectivity index (χ1n) is 6.16. The first-order chi connectivity index (χ1) is 9.13. The second-order valence-electron chi connectivity index (χ2n) is 4.53. The van der Waals surface area contributed by atoms with E-state index in [1.165, 1.54) is 5.56 Å². The van der Waals surface area contributed by atoms with Gasteiger partial charge in [-0.15, -0.1) is 0 Å². The highest BCUT2D eigenvalue weighted by atomic mass is 16.1. The number of nitrogen functional groups attached to an aromatic ring is 1. The van der Waals surface area contributed by atoms with Crippen LogP contribution in [0.25, 0.3) is 0 Å². The number of hydrogen-bond donors (Lipinski definition) is 2. The smallest absolute Gasteiger partial charge is 0.226 e. The summed E-state index contributed by atoms with van der Waals surface area (Å²) in [7, 11) is 0. The largest absolute Gasteiger partial charge is 0.397 e. The molecule has 0 aliphatic rings. The number of benzene rings is 1. The van der Waals surface area contributed by atoms with Crippen LogP contribution in [0.1, 0.15) is 16.8 Å². The summed E-state index contributed by atoms with van der Waals surface area (Å²) in [4.78, 5) is 15.9. The van der Waals surface area contributed by atoms with Crippen LogP contribution in [0.4, 0.5) is 5.69 Å². The Labute approximate surface area is 112 Å². The van der Waals surface area contributed by atoms with Crippen molar-refractivity contribution < 1.29 is 4.79 Å². The average Bonchev–Trinajstić information content (AvgIpc) is 2.39. The maximum Gasteiger partial charge on any atom is 0.226 e. The summed E-state index contributed by atoms with van der Waals surface area (Å²) < 4.78 is 0. The highest BCUT2D eigenvalue weighted by Gasteiger charge is 2.04. The third-order valence-corrected chi connectivity index (χ3v) is 2.76. The Morgan fingerprint density at radius 3 is 2.84 bits per heavy atom. The van der Waals surface area contributed by atoms with Crippen molar-refractivity contribution in [2.24, 2.45) is 0 Å². The number of pyridine rings is 1. The molecule has 0 saturated heterocycles. The number of rotatable bonds is 4. The van der Waals surface area contributed by atoms with Crippen LogP contribution in [0, 0.1) is 6.92 Å². The zero-order valence-corrected chi connectivity index (χ0v) is 10.9. The predicted molar refractivity (Wildman–Crippen MR) is 75.4 cm³/mol. The van der Waals surface area contributed by atoms with Gasteiger partial charge in [0.15, 0.2) is 0 Å². The van der Waals surface area contributed by atoms with E-state index in [-0.39, 0.29) is 12.3 Å². The van der Waals surface area contributed by atoms with Crippen LogP contribution in [0.15, 0.2) is 42.6 Å². The van der Waals surface area contributed by atoms with E-state index in [9.17, 15) is 4.79 Å². The first-order valence-corrected chi connectivity index (χ1v) is 6.16. The summed E-state index contributed by atoms with van der Waals surface area (Å²) >= 11 is 0. The van der Waals surface area contributed by atoms with Crippen LogP contribution < -0.4 is 11.1 Å². The van der Waals surface area contributed by atoms with E-state index in [1.807, 2.05) is 25.1 Å². The summed E-state index contributed by atoms with van der Waals surface area (Å²) in [5.74, 6) is -0.0428. The van der Waals surface area contributed by atoms with E-state index in [0.717, 1.165) is 11.3 Å². The van der Waals surface area contributed by atoms with E-state index in [2.05, 4.69) is 16.4 Å². The molecule has 0 radical (unpaired) electrons. The molecule has 0 spiro atoms. The lowest BCUT2D eigenvalue weighted by Crippen LogP contribution is -2.24. The molecule has 0 fully saturated rings. The average molecular weight is 255 g/mol. The van der Waals surface area contributed by atoms with Gasteiger partial charge in [0, 0.05) is 12.2 Å². The van der Waals surface area contributed by atoms with Crippen LogP contribution in [0.5, 0.6) is 0 Å². The lowest BCUT2D eigenvalue weighted by molar-refractivity contribution is -0.120. The second kappa shape index (κ2) is 6.00. The third kappa shape index (κ3) is 4.10. The van der Waals surface area contributed by atoms with Crippen molar-refractivity contribution in [1.29, 1.82) is 0 Å². The molecule has 0 unspecified atom stereocenters. The van der Waals surface area contributed by atoms with Crippen LogP contribution in [0.3, 0.4) is 0 Å². The second-order valence-corrected chi connectivity index (χ2v) is 4.53. The molecule has 98 valence electrons. The van der Waals surface area contributed by atoms with Crippen LogP contribution in [-0.2, 0) is 17.8 Å². The molecular weight excluding hydrogens is 238 g/mol. The van der Waals surface area contributed by atoms with Gasteiger partial charge in [0.2, 0.25) is 5.91 Å². The molecule has 0 atom stereocenters. The number of amides is 1. The summed E-state index contributed by atoms with van der Waals surface area (Å²) in [6, 6.07) is 11.6. The number of nitrogens with one attached hydrogen (secondary N) is 1. The lowest BCUT2D eigenvalue weighted by Gasteiger charge is -2.06. The van der Waals surface area contributed by atoms with Crippen molar-refractivity contribution in [1.82, 2.24) is 10.3 Å². The maximum absolute atomic E-state index is 11.8. The zero-order chi connectivity index (χ0) is 13.7. The fourth-order valence-corrected chi connectivity index (χ4v) is 1.79. The molecule has 1 amide bonds. The van der Waals surface area contributed by atoms with Gasteiger partial charge in [-0.25, -0.2) is 0 Å². The molecule has 19 heavy (non-hydrogen) atoms. The van der Waals surface area contributed by atoms with Gasteiger partial charge in [-0.3, -0.25) is 9.78 Å². The Hall–Kier alpha value is -2.36. The summed E-state index contributed by atoms with van der Waals surface area (Å²) in [5, 5.41) is 2.88. The van der Waals surface area contributed by atoms with Gasteiger partial charge < -0.3 is 11.1 Å². The number of carbonyl (C=O) groups excluding carboxylic acids is 1. The summed E-state index contributed by atoms with van der Waals surface area (Å²) in [6.45, 7) is 2.57. The Bertz CT molecular complexity index is 564. The van der Waals surface area contributed by atoms with Crippen LogP contribution >= 0.6 is 0 Å². The topological polar surface area (TPSA) is 68.0 Å². The van der Waals surface area contributed by atoms with E-state index in [1.54, 1.807) is 18.3 Å². The SMILES string of the molecule is Cc1cccc(CNC(=O)Cc2ccc(N)cn2)c1. The normalized spacial score (nSPS) is 10.2. The molecule has 0 bridgehead atoms. The van der Waals surface area contributed by atoms with Gasteiger partial charge in [-0.1, -0.05) is 29.8 Å². The molecule has 4 heteroatoms. The van der Waals surface area contributed by atoms with Gasteiger partial charge in [0.25, 0.3) is 0 Å². The first kappa shape index (κ1) is 13.1. The number of aromatic nitrogens is 1. The van der Waals surface area contributed by atoms with Crippen LogP contribution in [0.2, 0.25) is 0 Å². The Morgan fingerprint density at radius 1 is 1.32 bits per heavy atom. The lowest BCUT2D eigenvalue weighted by atomic mass is 10.1. The number of nitrogens with zero attached hydrogens (tertiary/aromatic N) is 1. The number of hydrogen-bond acceptors (Lipinski definition) is 3. The minimum atomic E-state index is -0.0428. The van der Waals surface area contributed by atoms with Crippen LogP contribution in [-0.4, -0.2) is 10.9 Å². The molecule has 1 aromatic carbocycles. The molecular formula is C15H17N3O. The van der Waals surface area contributed by atoms with Gasteiger partial charge in [-0.05, 0) is 24.6 Å². The van der Waals surface area contributed by atoms with Crippen molar-refractivity contribution in [3.05, 3.63) is 59.4 Å². The van der Waals surface area contributed by atoms with Crippen molar-refractivity contribution in [3.63, 3.8) is 0 Å². The summed E-state index contributed by atoms with van der Waals surface area (Å²) in [6.07, 6.45) is 1.83. The van der Waals surface area contributed by atoms with Crippen molar-refractivity contribution in [3.8, 4) is 0 Å². The van der Waals surface area contributed by atoms with E-state index in [4.69, 9.17) is 5.73 Å². The molecule has 2 aromatic rings. The minimum Gasteiger partial charge on any atom is -0.397 e. The van der Waals surface area contributed by atoms with Gasteiger partial charge in [0.1, 0.15) is 0 Å². The van der Waals surface area contributed by atoms with E-state index < -0.39 is 0 Å². The van der Waals surface area contributed by atoms with Crippen molar-refractivity contribution >= 4 is 11.6 Å². The zero-order valence-electron chi connectivity index (χ0n) is 10.9. The predicted octanol–water partition coefficient (Wildman–Crippen LogP) is 1.83. The molecule has 0 saturated carbocycles. The van der Waals surface area contributed by atoms with Crippen molar-refractivity contribution in [2.75, 3.05) is 5.73 Å². The molecule has 0 aliphatic heterocycles. The minimum absolute atomic E-state index is 0.0428. The highest BCUT2D eigenvalue weighted by Crippen LogP contribution is 2.04. The molecule has 3 N–H and O–H groups in total. The van der Waals surface area contributed by atoms with Gasteiger partial charge >= 0.3 is 0 Å². The van der Waals surface area contributed by atoms with Gasteiger partial charge in [0.05, 0.1) is 18.3 Å². The molecule has 2 rings (SSSR count). The number of carbonyl (C=O) groups is 1. The Balaban J connectivity index is 1.86. The molecule has 4 nitrogen and oxygen atoms in total. The highest BCUT2D eigenvalue weighted by molar-refractivity contribution is 5.78. The molecule has 1 aromatic heterocycles. The number of nitrogens with two attached hydrogens (primary N) is 1. The Morgan fingerprint density at radius 2 is 2.16 bits per heavy atom.